The number of benzene rings is 2. The van der Waals surface area contributed by atoms with Crippen molar-refractivity contribution in [2.75, 3.05) is 36.8 Å². The highest BCUT2D eigenvalue weighted by molar-refractivity contribution is 6.34. The van der Waals surface area contributed by atoms with Crippen LogP contribution in [0, 0.1) is 5.82 Å². The Labute approximate surface area is 187 Å². The number of nitrogens with two attached hydrogens (primary N) is 1. The molecule has 8 nitrogen and oxygen atoms in total. The van der Waals surface area contributed by atoms with Gasteiger partial charge in [-0.1, -0.05) is 35.9 Å². The number of carboxylic acid groups (broad SMARTS) is 1. The fraction of sp³-hybridized carbons (Fsp3) is 0.182. The summed E-state index contributed by atoms with van der Waals surface area (Å²) >= 11 is 6.59. The van der Waals surface area contributed by atoms with Crippen molar-refractivity contribution < 1.29 is 14.3 Å². The van der Waals surface area contributed by atoms with Crippen molar-refractivity contribution in [3.05, 3.63) is 53.6 Å². The van der Waals surface area contributed by atoms with Gasteiger partial charge in [-0.15, -0.1) is 0 Å². The number of carbonyl (C=O) groups is 1. The van der Waals surface area contributed by atoms with E-state index in [-0.39, 0.29) is 21.9 Å². The molecule has 0 radical (unpaired) electrons. The molecule has 1 fully saturated rings. The van der Waals surface area contributed by atoms with Crippen LogP contribution < -0.4 is 10.6 Å². The minimum atomic E-state index is -0.960. The Balaban J connectivity index is 1.66. The SMILES string of the molecule is Nc1cc2ccccc2c(-c2c(Cl)cc3c(N4CCN(C(=O)O)CC4)ncnc3c2F)n1. The molecule has 0 bridgehead atoms. The zero-order valence-corrected chi connectivity index (χ0v) is 17.6. The zero-order chi connectivity index (χ0) is 22.4. The van der Waals surface area contributed by atoms with E-state index in [1.54, 1.807) is 12.1 Å². The Hall–Kier alpha value is -3.72. The highest BCUT2D eigenvalue weighted by atomic mass is 35.5. The lowest BCUT2D eigenvalue weighted by molar-refractivity contribution is 0.142. The average molecular weight is 453 g/mol. The minimum Gasteiger partial charge on any atom is -0.465 e. The van der Waals surface area contributed by atoms with Crippen LogP contribution in [-0.2, 0) is 0 Å². The van der Waals surface area contributed by atoms with E-state index in [0.29, 0.717) is 43.1 Å². The number of amides is 1. The van der Waals surface area contributed by atoms with E-state index in [2.05, 4.69) is 15.0 Å². The standard InChI is InChI=1S/C22H18ClFN6O2/c23-15-10-14-20(26-11-27-21(14)29-5-7-30(8-6-29)22(31)32)18(24)17(15)19-13-4-2-1-3-12(13)9-16(25)28-19/h1-4,9-11H,5-8H2,(H2,25,28)(H,31,32). The number of nitrogen functional groups attached to an aromatic ring is 1. The number of anilines is 2. The van der Waals surface area contributed by atoms with Gasteiger partial charge in [0, 0.05) is 37.0 Å². The van der Waals surface area contributed by atoms with Gasteiger partial charge < -0.3 is 20.6 Å². The van der Waals surface area contributed by atoms with Crippen molar-refractivity contribution in [1.29, 1.82) is 0 Å². The summed E-state index contributed by atoms with van der Waals surface area (Å²) in [5, 5.41) is 11.3. The molecule has 4 aromatic rings. The largest absolute Gasteiger partial charge is 0.465 e. The molecular weight excluding hydrogens is 435 g/mol. The molecular formula is C22H18ClFN6O2. The van der Waals surface area contributed by atoms with Crippen LogP contribution in [0.25, 0.3) is 32.9 Å². The van der Waals surface area contributed by atoms with Crippen molar-refractivity contribution in [2.24, 2.45) is 0 Å². The monoisotopic (exact) mass is 452 g/mol. The Morgan fingerprint density at radius 2 is 1.84 bits per heavy atom. The van der Waals surface area contributed by atoms with E-state index in [9.17, 15) is 9.90 Å². The fourth-order valence-electron chi connectivity index (χ4n) is 4.10. The van der Waals surface area contributed by atoms with Crippen molar-refractivity contribution in [1.82, 2.24) is 19.9 Å². The first kappa shape index (κ1) is 20.2. The van der Waals surface area contributed by atoms with E-state index in [1.165, 1.54) is 11.2 Å². The van der Waals surface area contributed by atoms with Crippen molar-refractivity contribution >= 4 is 51.0 Å². The van der Waals surface area contributed by atoms with Gasteiger partial charge in [0.25, 0.3) is 0 Å². The predicted octanol–water partition coefficient (Wildman–Crippen LogP) is 4.02. The summed E-state index contributed by atoms with van der Waals surface area (Å²) in [4.78, 5) is 27.3. The molecule has 3 heterocycles. The smallest absolute Gasteiger partial charge is 0.407 e. The molecule has 0 unspecified atom stereocenters. The second-order valence-corrected chi connectivity index (χ2v) is 7.92. The van der Waals surface area contributed by atoms with E-state index in [1.807, 2.05) is 29.2 Å². The molecule has 0 atom stereocenters. The number of hydrogen-bond acceptors (Lipinski definition) is 6. The van der Waals surface area contributed by atoms with E-state index < -0.39 is 11.9 Å². The van der Waals surface area contributed by atoms with Crippen LogP contribution >= 0.6 is 11.6 Å². The molecule has 5 rings (SSSR count). The van der Waals surface area contributed by atoms with Crippen LogP contribution in [0.4, 0.5) is 20.8 Å². The Kier molecular flexibility index (Phi) is 4.90. The molecule has 0 spiro atoms. The molecule has 2 aromatic carbocycles. The summed E-state index contributed by atoms with van der Waals surface area (Å²) in [6, 6.07) is 10.8. The van der Waals surface area contributed by atoms with Crippen LogP contribution in [0.2, 0.25) is 5.02 Å². The third-order valence-corrected chi connectivity index (χ3v) is 5.94. The number of rotatable bonds is 2. The molecule has 10 heteroatoms. The molecule has 1 amide bonds. The lowest BCUT2D eigenvalue weighted by Crippen LogP contribution is -2.48. The maximum Gasteiger partial charge on any atom is 0.407 e. The van der Waals surface area contributed by atoms with Crippen LogP contribution in [0.5, 0.6) is 0 Å². The van der Waals surface area contributed by atoms with Gasteiger partial charge in [-0.3, -0.25) is 0 Å². The highest BCUT2D eigenvalue weighted by Gasteiger charge is 2.25. The van der Waals surface area contributed by atoms with Crippen LogP contribution in [0.3, 0.4) is 0 Å². The summed E-state index contributed by atoms with van der Waals surface area (Å²) in [7, 11) is 0. The normalized spacial score (nSPS) is 14.3. The third-order valence-electron chi connectivity index (χ3n) is 5.65. The first-order chi connectivity index (χ1) is 15.4. The molecule has 1 aliphatic heterocycles. The molecule has 0 aliphatic carbocycles. The fourth-order valence-corrected chi connectivity index (χ4v) is 4.39. The zero-order valence-electron chi connectivity index (χ0n) is 16.8. The van der Waals surface area contributed by atoms with Gasteiger partial charge in [0.15, 0.2) is 5.82 Å². The number of hydrogen-bond donors (Lipinski definition) is 2. The van der Waals surface area contributed by atoms with E-state index in [4.69, 9.17) is 17.3 Å². The number of fused-ring (bicyclic) bond motifs is 2. The summed E-state index contributed by atoms with van der Waals surface area (Å²) in [5.74, 6) is 0.162. The van der Waals surface area contributed by atoms with Gasteiger partial charge in [-0.25, -0.2) is 24.1 Å². The second-order valence-electron chi connectivity index (χ2n) is 7.51. The summed E-state index contributed by atoms with van der Waals surface area (Å²) in [6.45, 7) is 1.52. The van der Waals surface area contributed by atoms with E-state index in [0.717, 1.165) is 10.8 Å². The lowest BCUT2D eigenvalue weighted by Gasteiger charge is -2.34. The maximum atomic E-state index is 15.8. The highest BCUT2D eigenvalue weighted by Crippen LogP contribution is 2.39. The summed E-state index contributed by atoms with van der Waals surface area (Å²) in [6.07, 6.45) is 0.338. The van der Waals surface area contributed by atoms with Crippen LogP contribution in [0.1, 0.15) is 0 Å². The number of aromatic nitrogens is 3. The van der Waals surface area contributed by atoms with Crippen molar-refractivity contribution in [2.45, 2.75) is 0 Å². The van der Waals surface area contributed by atoms with Crippen LogP contribution in [-0.4, -0.2) is 57.2 Å². The lowest BCUT2D eigenvalue weighted by atomic mass is 10.0. The predicted molar refractivity (Wildman–Crippen MR) is 121 cm³/mol. The maximum absolute atomic E-state index is 15.8. The van der Waals surface area contributed by atoms with Gasteiger partial charge in [0.05, 0.1) is 16.3 Å². The van der Waals surface area contributed by atoms with Crippen molar-refractivity contribution in [3.8, 4) is 11.3 Å². The minimum absolute atomic E-state index is 0.114. The molecule has 0 saturated carbocycles. The number of pyridine rings is 1. The van der Waals surface area contributed by atoms with Gasteiger partial charge in [-0.05, 0) is 17.5 Å². The first-order valence-corrected chi connectivity index (χ1v) is 10.3. The Morgan fingerprint density at radius 1 is 1.09 bits per heavy atom. The molecule has 1 saturated heterocycles. The average Bonchev–Trinajstić information content (AvgIpc) is 2.78. The summed E-state index contributed by atoms with van der Waals surface area (Å²) < 4.78 is 15.8. The van der Waals surface area contributed by atoms with Gasteiger partial charge in [0.2, 0.25) is 0 Å². The Bertz CT molecular complexity index is 1370. The number of piperazine rings is 1. The Morgan fingerprint density at radius 3 is 2.59 bits per heavy atom. The molecule has 2 aromatic heterocycles. The molecule has 3 N–H and O–H groups in total. The van der Waals surface area contributed by atoms with Crippen LogP contribution in [0.15, 0.2) is 42.7 Å². The van der Waals surface area contributed by atoms with Crippen molar-refractivity contribution in [3.63, 3.8) is 0 Å². The quantitative estimate of drug-likeness (QED) is 0.472. The molecule has 32 heavy (non-hydrogen) atoms. The first-order valence-electron chi connectivity index (χ1n) is 9.95. The number of halogens is 2. The molecule has 1 aliphatic rings. The number of nitrogens with zero attached hydrogens (tertiary/aromatic N) is 5. The van der Waals surface area contributed by atoms with E-state index >= 15 is 4.39 Å². The molecule has 162 valence electrons. The van der Waals surface area contributed by atoms with Gasteiger partial charge in [0.1, 0.15) is 23.5 Å². The van der Waals surface area contributed by atoms with Gasteiger partial charge >= 0.3 is 6.09 Å². The topological polar surface area (TPSA) is 108 Å². The van der Waals surface area contributed by atoms with Gasteiger partial charge in [-0.2, -0.15) is 0 Å². The summed E-state index contributed by atoms with van der Waals surface area (Å²) in [5.41, 5.74) is 6.56. The second kappa shape index (κ2) is 7.76. The third kappa shape index (κ3) is 3.31.